The number of amides is 1. The molecule has 1 aromatic rings. The Morgan fingerprint density at radius 2 is 1.67 bits per heavy atom. The van der Waals surface area contributed by atoms with Gasteiger partial charge in [0.1, 0.15) is 11.2 Å². The first-order valence-corrected chi connectivity index (χ1v) is 7.28. The Morgan fingerprint density at radius 3 is 2.14 bits per heavy atom. The van der Waals surface area contributed by atoms with Crippen molar-refractivity contribution in [2.24, 2.45) is 0 Å². The van der Waals surface area contributed by atoms with Crippen molar-refractivity contribution in [2.75, 3.05) is 26.3 Å². The number of nitrogens with zero attached hydrogens (tertiary/aromatic N) is 1. The van der Waals surface area contributed by atoms with E-state index in [-0.39, 0.29) is 17.1 Å². The number of epoxide rings is 2. The fourth-order valence-corrected chi connectivity index (χ4v) is 2.29. The molecule has 0 aromatic heterocycles. The van der Waals surface area contributed by atoms with E-state index in [0.717, 1.165) is 18.8 Å². The summed E-state index contributed by atoms with van der Waals surface area (Å²) in [5.41, 5.74) is 0.664. The van der Waals surface area contributed by atoms with Crippen LogP contribution < -0.4 is 0 Å². The first kappa shape index (κ1) is 14.3. The van der Waals surface area contributed by atoms with Crippen LogP contribution in [0.25, 0.3) is 6.08 Å². The predicted octanol–water partition coefficient (Wildman–Crippen LogP) is 2.11. The molecule has 2 saturated heterocycles. The fourth-order valence-electron chi connectivity index (χ4n) is 2.29. The lowest BCUT2D eigenvalue weighted by atomic mass is 10.1. The molecule has 2 heterocycles. The minimum Gasteiger partial charge on any atom is -0.368 e. The Labute approximate surface area is 125 Å². The first-order chi connectivity index (χ1) is 9.98. The molecule has 4 heteroatoms. The van der Waals surface area contributed by atoms with Crippen molar-refractivity contribution in [1.29, 1.82) is 0 Å². The van der Waals surface area contributed by atoms with Crippen LogP contribution in [0.5, 0.6) is 0 Å². The fraction of sp³-hybridized carbons (Fsp3) is 0.471. The molecule has 1 amide bonds. The zero-order valence-corrected chi connectivity index (χ0v) is 12.5. The highest BCUT2D eigenvalue weighted by atomic mass is 16.6. The van der Waals surface area contributed by atoms with Crippen molar-refractivity contribution in [3.8, 4) is 0 Å². The SMILES string of the molecule is CC1(CN(CC2(C)CO2)C(=O)C=Cc2ccccc2)CO1. The molecule has 112 valence electrons. The van der Waals surface area contributed by atoms with Gasteiger partial charge in [-0.25, -0.2) is 0 Å². The largest absolute Gasteiger partial charge is 0.368 e. The van der Waals surface area contributed by atoms with Crippen LogP contribution in [-0.2, 0) is 14.3 Å². The van der Waals surface area contributed by atoms with Gasteiger partial charge in [0.05, 0.1) is 26.3 Å². The zero-order chi connectivity index (χ0) is 14.9. The lowest BCUT2D eigenvalue weighted by Crippen LogP contribution is -2.42. The molecule has 21 heavy (non-hydrogen) atoms. The minimum absolute atomic E-state index is 0.00676. The Morgan fingerprint density at radius 1 is 1.14 bits per heavy atom. The molecule has 1 aromatic carbocycles. The quantitative estimate of drug-likeness (QED) is 0.594. The van der Waals surface area contributed by atoms with Crippen molar-refractivity contribution in [2.45, 2.75) is 25.0 Å². The van der Waals surface area contributed by atoms with E-state index in [1.807, 2.05) is 55.2 Å². The number of hydrogen-bond acceptors (Lipinski definition) is 3. The summed E-state index contributed by atoms with van der Waals surface area (Å²) in [5.74, 6) is 0.00676. The van der Waals surface area contributed by atoms with Gasteiger partial charge in [-0.15, -0.1) is 0 Å². The molecule has 0 aliphatic carbocycles. The highest BCUT2D eigenvalue weighted by Gasteiger charge is 2.46. The second kappa shape index (κ2) is 5.28. The number of hydrogen-bond donors (Lipinski definition) is 0. The summed E-state index contributed by atoms with van der Waals surface area (Å²) in [6.45, 7) is 6.73. The van der Waals surface area contributed by atoms with Gasteiger partial charge in [-0.1, -0.05) is 30.3 Å². The highest BCUT2D eigenvalue weighted by molar-refractivity contribution is 5.92. The molecule has 0 N–H and O–H groups in total. The topological polar surface area (TPSA) is 45.4 Å². The number of benzene rings is 1. The second-order valence-corrected chi connectivity index (χ2v) is 6.42. The molecule has 0 radical (unpaired) electrons. The average Bonchev–Trinajstić information content (AvgIpc) is 3.38. The van der Waals surface area contributed by atoms with Gasteiger partial charge in [0.25, 0.3) is 0 Å². The summed E-state index contributed by atoms with van der Waals surface area (Å²) in [6, 6.07) is 9.83. The maximum atomic E-state index is 12.5. The van der Waals surface area contributed by atoms with Crippen molar-refractivity contribution < 1.29 is 14.3 Å². The molecule has 0 bridgehead atoms. The van der Waals surface area contributed by atoms with Crippen molar-refractivity contribution in [3.05, 3.63) is 42.0 Å². The Hall–Kier alpha value is -1.65. The van der Waals surface area contributed by atoms with Crippen LogP contribution in [0, 0.1) is 0 Å². The average molecular weight is 287 g/mol. The van der Waals surface area contributed by atoms with Gasteiger partial charge in [-0.05, 0) is 25.5 Å². The third-order valence-corrected chi connectivity index (χ3v) is 3.85. The van der Waals surface area contributed by atoms with Gasteiger partial charge in [0, 0.05) is 6.08 Å². The van der Waals surface area contributed by atoms with E-state index in [2.05, 4.69) is 0 Å². The summed E-state index contributed by atoms with van der Waals surface area (Å²) >= 11 is 0. The molecule has 4 nitrogen and oxygen atoms in total. The smallest absolute Gasteiger partial charge is 0.246 e. The maximum Gasteiger partial charge on any atom is 0.246 e. The van der Waals surface area contributed by atoms with E-state index in [9.17, 15) is 4.79 Å². The molecule has 0 spiro atoms. The van der Waals surface area contributed by atoms with E-state index >= 15 is 0 Å². The van der Waals surface area contributed by atoms with Gasteiger partial charge in [0.15, 0.2) is 0 Å². The normalized spacial score (nSPS) is 30.4. The van der Waals surface area contributed by atoms with E-state index in [1.54, 1.807) is 6.08 Å². The third-order valence-electron chi connectivity index (χ3n) is 3.85. The molecule has 2 unspecified atom stereocenters. The van der Waals surface area contributed by atoms with Crippen molar-refractivity contribution in [3.63, 3.8) is 0 Å². The van der Waals surface area contributed by atoms with Gasteiger partial charge in [-0.3, -0.25) is 4.79 Å². The lowest BCUT2D eigenvalue weighted by Gasteiger charge is -2.25. The lowest BCUT2D eigenvalue weighted by molar-refractivity contribution is -0.127. The number of carbonyl (C=O) groups is 1. The van der Waals surface area contributed by atoms with Crippen LogP contribution in [0.2, 0.25) is 0 Å². The number of ether oxygens (including phenoxy) is 2. The monoisotopic (exact) mass is 287 g/mol. The van der Waals surface area contributed by atoms with Crippen LogP contribution in [0.1, 0.15) is 19.4 Å². The van der Waals surface area contributed by atoms with Crippen LogP contribution in [0.15, 0.2) is 36.4 Å². The first-order valence-electron chi connectivity index (χ1n) is 7.28. The molecular weight excluding hydrogens is 266 g/mol. The Balaban J connectivity index is 1.66. The van der Waals surface area contributed by atoms with E-state index in [0.29, 0.717) is 13.1 Å². The van der Waals surface area contributed by atoms with Crippen LogP contribution in [-0.4, -0.2) is 48.3 Å². The zero-order valence-electron chi connectivity index (χ0n) is 12.5. The van der Waals surface area contributed by atoms with E-state index in [4.69, 9.17) is 9.47 Å². The minimum atomic E-state index is -0.179. The molecule has 2 fully saturated rings. The second-order valence-electron chi connectivity index (χ2n) is 6.42. The summed E-state index contributed by atoms with van der Waals surface area (Å²) in [6.07, 6.45) is 3.48. The van der Waals surface area contributed by atoms with E-state index < -0.39 is 0 Å². The standard InChI is InChI=1S/C17H21NO3/c1-16(12-20-16)10-18(11-17(2)13-21-17)15(19)9-8-14-6-4-3-5-7-14/h3-9H,10-13H2,1-2H3. The number of rotatable bonds is 6. The third kappa shape index (κ3) is 3.93. The molecule has 0 saturated carbocycles. The molecule has 2 aliphatic heterocycles. The van der Waals surface area contributed by atoms with Crippen molar-refractivity contribution >= 4 is 12.0 Å². The maximum absolute atomic E-state index is 12.5. The molecule has 2 atom stereocenters. The van der Waals surface area contributed by atoms with Gasteiger partial charge in [0.2, 0.25) is 5.91 Å². The van der Waals surface area contributed by atoms with Crippen LogP contribution in [0.3, 0.4) is 0 Å². The van der Waals surface area contributed by atoms with Crippen LogP contribution in [0.4, 0.5) is 0 Å². The van der Waals surface area contributed by atoms with Crippen LogP contribution >= 0.6 is 0 Å². The molecule has 3 rings (SSSR count). The summed E-state index contributed by atoms with van der Waals surface area (Å²) in [5, 5.41) is 0. The van der Waals surface area contributed by atoms with Gasteiger partial charge >= 0.3 is 0 Å². The number of carbonyl (C=O) groups excluding carboxylic acids is 1. The predicted molar refractivity (Wildman–Crippen MR) is 80.8 cm³/mol. The van der Waals surface area contributed by atoms with Crippen molar-refractivity contribution in [1.82, 2.24) is 4.90 Å². The van der Waals surface area contributed by atoms with E-state index in [1.165, 1.54) is 0 Å². The Kier molecular flexibility index (Phi) is 3.59. The van der Waals surface area contributed by atoms with Gasteiger partial charge < -0.3 is 14.4 Å². The summed E-state index contributed by atoms with van der Waals surface area (Å²) < 4.78 is 10.8. The molecule has 2 aliphatic rings. The molecular formula is C17H21NO3. The summed E-state index contributed by atoms with van der Waals surface area (Å²) in [7, 11) is 0. The Bertz CT molecular complexity index is 524. The summed E-state index contributed by atoms with van der Waals surface area (Å²) in [4.78, 5) is 14.3. The highest BCUT2D eigenvalue weighted by Crippen LogP contribution is 2.31. The van der Waals surface area contributed by atoms with Gasteiger partial charge in [-0.2, -0.15) is 0 Å².